The number of primary amides is 1. The van der Waals surface area contributed by atoms with Crippen LogP contribution in [0.3, 0.4) is 0 Å². The molecule has 4 heteroatoms. The van der Waals surface area contributed by atoms with Crippen LogP contribution >= 0.6 is 0 Å². The summed E-state index contributed by atoms with van der Waals surface area (Å²) in [6.07, 6.45) is 2.54. The summed E-state index contributed by atoms with van der Waals surface area (Å²) in [6, 6.07) is 0. The van der Waals surface area contributed by atoms with E-state index in [1.807, 2.05) is 6.92 Å². The summed E-state index contributed by atoms with van der Waals surface area (Å²) in [7, 11) is 0. The van der Waals surface area contributed by atoms with Crippen molar-refractivity contribution >= 4 is 5.91 Å². The third-order valence-electron chi connectivity index (χ3n) is 2.30. The molecule has 0 saturated carbocycles. The monoisotopic (exact) mass is 186 g/mol. The quantitative estimate of drug-likeness (QED) is 0.650. The summed E-state index contributed by atoms with van der Waals surface area (Å²) in [4.78, 5) is 10.9. The van der Waals surface area contributed by atoms with Crippen LogP contribution in [0.15, 0.2) is 0 Å². The molecule has 1 unspecified atom stereocenters. The third kappa shape index (κ3) is 3.32. The summed E-state index contributed by atoms with van der Waals surface area (Å²) < 4.78 is 5.56. The number of carbonyl (C=O) groups excluding carboxylic acids is 1. The molecule has 13 heavy (non-hydrogen) atoms. The lowest BCUT2D eigenvalue weighted by Crippen LogP contribution is -2.41. The fraction of sp³-hybridized carbons (Fsp3) is 0.889. The van der Waals surface area contributed by atoms with Crippen LogP contribution in [0.1, 0.15) is 26.2 Å². The standard InChI is InChI=1S/C9H18N2O2/c1-2-8(9(10)12)13-7-4-3-5-11-6-7/h7-8,11H,2-6H2,1H3,(H2,10,12)/t7-,8?/m0/s1. The van der Waals surface area contributed by atoms with Crippen LogP contribution in [-0.4, -0.2) is 31.2 Å². The molecule has 0 aromatic carbocycles. The van der Waals surface area contributed by atoms with E-state index in [0.717, 1.165) is 25.9 Å². The summed E-state index contributed by atoms with van der Waals surface area (Å²) in [5.74, 6) is -0.354. The number of rotatable bonds is 4. The van der Waals surface area contributed by atoms with E-state index in [2.05, 4.69) is 5.32 Å². The van der Waals surface area contributed by atoms with Gasteiger partial charge in [-0.1, -0.05) is 6.92 Å². The Labute approximate surface area is 78.8 Å². The molecule has 0 aromatic rings. The van der Waals surface area contributed by atoms with Crippen LogP contribution in [0.5, 0.6) is 0 Å². The van der Waals surface area contributed by atoms with E-state index in [4.69, 9.17) is 10.5 Å². The maximum atomic E-state index is 10.9. The van der Waals surface area contributed by atoms with Gasteiger partial charge in [-0.15, -0.1) is 0 Å². The molecular weight excluding hydrogens is 168 g/mol. The van der Waals surface area contributed by atoms with Crippen LogP contribution in [0.4, 0.5) is 0 Å². The van der Waals surface area contributed by atoms with Crippen LogP contribution in [-0.2, 0) is 9.53 Å². The molecule has 1 heterocycles. The van der Waals surface area contributed by atoms with Gasteiger partial charge in [-0.25, -0.2) is 0 Å². The second-order valence-corrected chi connectivity index (χ2v) is 3.40. The molecule has 0 spiro atoms. The minimum Gasteiger partial charge on any atom is -0.367 e. The number of amides is 1. The van der Waals surface area contributed by atoms with Crippen LogP contribution in [0, 0.1) is 0 Å². The molecule has 1 amide bonds. The Morgan fingerprint density at radius 1 is 1.77 bits per heavy atom. The minimum absolute atomic E-state index is 0.159. The number of piperidine rings is 1. The molecule has 1 rings (SSSR count). The first-order chi connectivity index (χ1) is 6.24. The van der Waals surface area contributed by atoms with Gasteiger partial charge in [0.2, 0.25) is 5.91 Å². The highest BCUT2D eigenvalue weighted by Gasteiger charge is 2.20. The van der Waals surface area contributed by atoms with Crippen LogP contribution in [0.2, 0.25) is 0 Å². The highest BCUT2D eigenvalue weighted by Crippen LogP contribution is 2.10. The first kappa shape index (κ1) is 10.5. The molecule has 2 atom stereocenters. The fourth-order valence-electron chi connectivity index (χ4n) is 1.53. The first-order valence-corrected chi connectivity index (χ1v) is 4.89. The Hall–Kier alpha value is -0.610. The lowest BCUT2D eigenvalue weighted by Gasteiger charge is -2.26. The molecule has 1 aliphatic heterocycles. The van der Waals surface area contributed by atoms with Gasteiger partial charge in [0.15, 0.2) is 0 Å². The van der Waals surface area contributed by atoms with E-state index >= 15 is 0 Å². The molecule has 4 nitrogen and oxygen atoms in total. The van der Waals surface area contributed by atoms with Crippen molar-refractivity contribution in [1.29, 1.82) is 0 Å². The Kier molecular flexibility index (Phi) is 4.18. The molecule has 0 aliphatic carbocycles. The second kappa shape index (κ2) is 5.19. The lowest BCUT2D eigenvalue weighted by molar-refractivity contribution is -0.134. The largest absolute Gasteiger partial charge is 0.367 e. The van der Waals surface area contributed by atoms with Crippen LogP contribution in [0.25, 0.3) is 0 Å². The fourth-order valence-corrected chi connectivity index (χ4v) is 1.53. The van der Waals surface area contributed by atoms with Crippen molar-refractivity contribution in [3.63, 3.8) is 0 Å². The van der Waals surface area contributed by atoms with Crippen molar-refractivity contribution in [3.05, 3.63) is 0 Å². The number of carbonyl (C=O) groups is 1. The molecule has 0 radical (unpaired) electrons. The van der Waals surface area contributed by atoms with Crippen molar-refractivity contribution in [2.24, 2.45) is 5.73 Å². The molecule has 0 aromatic heterocycles. The number of hydrogen-bond donors (Lipinski definition) is 2. The van der Waals surface area contributed by atoms with Gasteiger partial charge in [-0.3, -0.25) is 4.79 Å². The number of nitrogens with one attached hydrogen (secondary N) is 1. The summed E-state index contributed by atoms with van der Waals surface area (Å²) in [5.41, 5.74) is 5.18. The van der Waals surface area contributed by atoms with E-state index in [1.165, 1.54) is 0 Å². The Bertz CT molecular complexity index is 167. The minimum atomic E-state index is -0.412. The highest BCUT2D eigenvalue weighted by atomic mass is 16.5. The zero-order valence-corrected chi connectivity index (χ0v) is 8.08. The lowest BCUT2D eigenvalue weighted by atomic mass is 10.1. The normalized spacial score (nSPS) is 25.5. The van der Waals surface area contributed by atoms with Gasteiger partial charge in [-0.2, -0.15) is 0 Å². The topological polar surface area (TPSA) is 64.3 Å². The Balaban J connectivity index is 2.31. The van der Waals surface area contributed by atoms with Gasteiger partial charge in [0.05, 0.1) is 6.10 Å². The van der Waals surface area contributed by atoms with Crippen molar-refractivity contribution in [2.75, 3.05) is 13.1 Å². The molecular formula is C9H18N2O2. The summed E-state index contributed by atoms with van der Waals surface area (Å²) in [6.45, 7) is 3.79. The zero-order valence-electron chi connectivity index (χ0n) is 8.08. The first-order valence-electron chi connectivity index (χ1n) is 4.89. The van der Waals surface area contributed by atoms with Gasteiger partial charge < -0.3 is 15.8 Å². The summed E-state index contributed by atoms with van der Waals surface area (Å²) >= 11 is 0. The number of nitrogens with two attached hydrogens (primary N) is 1. The Morgan fingerprint density at radius 2 is 2.54 bits per heavy atom. The molecule has 1 aliphatic rings. The third-order valence-corrected chi connectivity index (χ3v) is 2.30. The summed E-state index contributed by atoms with van der Waals surface area (Å²) in [5, 5.41) is 3.23. The van der Waals surface area contributed by atoms with Crippen molar-refractivity contribution in [2.45, 2.75) is 38.4 Å². The van der Waals surface area contributed by atoms with Crippen molar-refractivity contribution in [1.82, 2.24) is 5.32 Å². The predicted molar refractivity (Wildman–Crippen MR) is 50.3 cm³/mol. The predicted octanol–water partition coefficient (Wildman–Crippen LogP) is 0.0189. The van der Waals surface area contributed by atoms with E-state index in [0.29, 0.717) is 6.42 Å². The van der Waals surface area contributed by atoms with E-state index in [9.17, 15) is 4.79 Å². The maximum absolute atomic E-state index is 10.9. The van der Waals surface area contributed by atoms with Gasteiger partial charge in [0.1, 0.15) is 6.10 Å². The van der Waals surface area contributed by atoms with E-state index in [1.54, 1.807) is 0 Å². The molecule has 0 bridgehead atoms. The zero-order chi connectivity index (χ0) is 9.68. The number of hydrogen-bond acceptors (Lipinski definition) is 3. The number of ether oxygens (including phenoxy) is 1. The van der Waals surface area contributed by atoms with E-state index < -0.39 is 6.10 Å². The van der Waals surface area contributed by atoms with Crippen molar-refractivity contribution < 1.29 is 9.53 Å². The molecule has 1 fully saturated rings. The van der Waals surface area contributed by atoms with Gasteiger partial charge in [0.25, 0.3) is 0 Å². The smallest absolute Gasteiger partial charge is 0.246 e. The average molecular weight is 186 g/mol. The highest BCUT2D eigenvalue weighted by molar-refractivity contribution is 5.78. The van der Waals surface area contributed by atoms with Gasteiger partial charge >= 0.3 is 0 Å². The van der Waals surface area contributed by atoms with Gasteiger partial charge in [-0.05, 0) is 25.8 Å². The van der Waals surface area contributed by atoms with Crippen LogP contribution < -0.4 is 11.1 Å². The molecule has 76 valence electrons. The van der Waals surface area contributed by atoms with Gasteiger partial charge in [0, 0.05) is 6.54 Å². The Morgan fingerprint density at radius 3 is 3.00 bits per heavy atom. The average Bonchev–Trinajstić information content (AvgIpc) is 2.15. The van der Waals surface area contributed by atoms with Crippen molar-refractivity contribution in [3.8, 4) is 0 Å². The second-order valence-electron chi connectivity index (χ2n) is 3.40. The SMILES string of the molecule is CCC(O[C@H]1CCCNC1)C(N)=O. The molecule has 3 N–H and O–H groups in total. The maximum Gasteiger partial charge on any atom is 0.246 e. The molecule has 1 saturated heterocycles. The van der Waals surface area contributed by atoms with E-state index in [-0.39, 0.29) is 12.0 Å².